The summed E-state index contributed by atoms with van der Waals surface area (Å²) in [5.74, 6) is -0.340. The third-order valence-electron chi connectivity index (χ3n) is 4.04. The van der Waals surface area contributed by atoms with Crippen LogP contribution in [0.2, 0.25) is 0 Å². The van der Waals surface area contributed by atoms with Gasteiger partial charge in [-0.1, -0.05) is 34.1 Å². The number of anilines is 1. The number of sulfonamides is 1. The van der Waals surface area contributed by atoms with Crippen LogP contribution in [0.3, 0.4) is 0 Å². The number of amides is 1. The summed E-state index contributed by atoms with van der Waals surface area (Å²) in [5, 5.41) is 2.81. The molecule has 8 heteroatoms. The molecule has 0 spiro atoms. The van der Waals surface area contributed by atoms with Crippen LogP contribution in [-0.4, -0.2) is 33.6 Å². The molecule has 6 nitrogen and oxygen atoms in total. The van der Waals surface area contributed by atoms with Gasteiger partial charge in [0.2, 0.25) is 0 Å². The van der Waals surface area contributed by atoms with Crippen LogP contribution in [0, 0.1) is 0 Å². The van der Waals surface area contributed by atoms with E-state index in [1.165, 1.54) is 12.1 Å². The Labute approximate surface area is 161 Å². The lowest BCUT2D eigenvalue weighted by molar-refractivity contribution is 0.0858. The molecule has 138 valence electrons. The van der Waals surface area contributed by atoms with E-state index in [9.17, 15) is 13.2 Å². The lowest BCUT2D eigenvalue weighted by atomic mass is 10.1. The average Bonchev–Trinajstić information content (AvgIpc) is 3.13. The second kappa shape index (κ2) is 8.20. The number of carbonyl (C=O) groups excluding carboxylic acids is 1. The Balaban J connectivity index is 1.77. The first-order chi connectivity index (χ1) is 12.5. The highest BCUT2D eigenvalue weighted by Crippen LogP contribution is 2.22. The van der Waals surface area contributed by atoms with E-state index in [4.69, 9.17) is 4.74 Å². The number of hydrogen-bond donors (Lipinski definition) is 2. The summed E-state index contributed by atoms with van der Waals surface area (Å²) in [5.41, 5.74) is 0.501. The monoisotopic (exact) mass is 438 g/mol. The van der Waals surface area contributed by atoms with E-state index < -0.39 is 10.0 Å². The molecule has 1 heterocycles. The molecule has 1 unspecified atom stereocenters. The van der Waals surface area contributed by atoms with Crippen LogP contribution < -0.4 is 10.0 Å². The van der Waals surface area contributed by atoms with Gasteiger partial charge in [0, 0.05) is 17.6 Å². The summed E-state index contributed by atoms with van der Waals surface area (Å²) in [6, 6.07) is 12.9. The van der Waals surface area contributed by atoms with Gasteiger partial charge in [0.25, 0.3) is 15.9 Å². The van der Waals surface area contributed by atoms with Crippen LogP contribution >= 0.6 is 15.9 Å². The molecule has 1 aliphatic rings. The lowest BCUT2D eigenvalue weighted by Crippen LogP contribution is -2.32. The molecule has 0 saturated carbocycles. The maximum Gasteiger partial charge on any atom is 0.261 e. The van der Waals surface area contributed by atoms with Crippen molar-refractivity contribution < 1.29 is 17.9 Å². The Morgan fingerprint density at radius 2 is 2.00 bits per heavy atom. The molecule has 0 radical (unpaired) electrons. The minimum Gasteiger partial charge on any atom is -0.376 e. The van der Waals surface area contributed by atoms with E-state index in [1.54, 1.807) is 36.4 Å². The third-order valence-corrected chi connectivity index (χ3v) is 5.89. The normalized spacial score (nSPS) is 17.0. The number of para-hydroxylation sites is 1. The standard InChI is InChI=1S/C18H19BrN2O4S/c19-13-5-3-7-15(11-13)26(23,24)21-17-9-2-1-8-16(17)18(22)20-12-14-6-4-10-25-14/h1-3,5,7-9,11,14,21H,4,6,10,12H2,(H,20,22). The molecule has 1 saturated heterocycles. The zero-order valence-electron chi connectivity index (χ0n) is 13.9. The molecule has 0 bridgehead atoms. The Morgan fingerprint density at radius 1 is 1.19 bits per heavy atom. The van der Waals surface area contributed by atoms with Gasteiger partial charge in [-0.2, -0.15) is 0 Å². The molecule has 1 amide bonds. The number of nitrogens with one attached hydrogen (secondary N) is 2. The molecular formula is C18H19BrN2O4S. The van der Waals surface area contributed by atoms with E-state index in [2.05, 4.69) is 26.0 Å². The van der Waals surface area contributed by atoms with Crippen LogP contribution in [0.5, 0.6) is 0 Å². The van der Waals surface area contributed by atoms with Crippen molar-refractivity contribution in [3.63, 3.8) is 0 Å². The van der Waals surface area contributed by atoms with Crippen LogP contribution in [0.1, 0.15) is 23.2 Å². The number of hydrogen-bond acceptors (Lipinski definition) is 4. The predicted molar refractivity (Wildman–Crippen MR) is 103 cm³/mol. The molecule has 1 atom stereocenters. The van der Waals surface area contributed by atoms with Crippen LogP contribution in [0.25, 0.3) is 0 Å². The molecule has 0 aromatic heterocycles. The second-order valence-electron chi connectivity index (χ2n) is 5.95. The fraction of sp³-hybridized carbons (Fsp3) is 0.278. The van der Waals surface area contributed by atoms with Crippen molar-refractivity contribution in [3.8, 4) is 0 Å². The number of carbonyl (C=O) groups is 1. The van der Waals surface area contributed by atoms with E-state index in [0.29, 0.717) is 17.6 Å². The largest absolute Gasteiger partial charge is 0.376 e. The minimum absolute atomic E-state index is 0.0180. The van der Waals surface area contributed by atoms with Crippen molar-refractivity contribution in [1.29, 1.82) is 0 Å². The summed E-state index contributed by atoms with van der Waals surface area (Å²) in [4.78, 5) is 12.6. The van der Waals surface area contributed by atoms with Gasteiger partial charge in [-0.15, -0.1) is 0 Å². The smallest absolute Gasteiger partial charge is 0.261 e. The number of ether oxygens (including phenoxy) is 1. The van der Waals surface area contributed by atoms with Crippen molar-refractivity contribution in [1.82, 2.24) is 5.32 Å². The Bertz CT molecular complexity index is 896. The molecule has 26 heavy (non-hydrogen) atoms. The molecular weight excluding hydrogens is 420 g/mol. The molecule has 2 aromatic rings. The van der Waals surface area contributed by atoms with Crippen LogP contribution in [-0.2, 0) is 14.8 Å². The quantitative estimate of drug-likeness (QED) is 0.725. The van der Waals surface area contributed by atoms with Crippen LogP contribution in [0.15, 0.2) is 57.9 Å². The van der Waals surface area contributed by atoms with Gasteiger partial charge in [-0.25, -0.2) is 8.42 Å². The highest BCUT2D eigenvalue weighted by Gasteiger charge is 2.20. The zero-order valence-corrected chi connectivity index (χ0v) is 16.3. The van der Waals surface area contributed by atoms with Crippen molar-refractivity contribution in [2.75, 3.05) is 17.9 Å². The zero-order chi connectivity index (χ0) is 18.6. The van der Waals surface area contributed by atoms with Crippen molar-refractivity contribution in [3.05, 3.63) is 58.6 Å². The first-order valence-electron chi connectivity index (χ1n) is 8.23. The van der Waals surface area contributed by atoms with Gasteiger partial charge in [-0.3, -0.25) is 9.52 Å². The van der Waals surface area contributed by atoms with Crippen molar-refractivity contribution >= 4 is 37.5 Å². The Hall–Kier alpha value is -1.90. The Kier molecular flexibility index (Phi) is 5.95. The fourth-order valence-corrected chi connectivity index (χ4v) is 4.39. The summed E-state index contributed by atoms with van der Waals surface area (Å²) in [6.07, 6.45) is 1.92. The van der Waals surface area contributed by atoms with Gasteiger partial charge >= 0.3 is 0 Å². The maximum atomic E-state index is 12.6. The summed E-state index contributed by atoms with van der Waals surface area (Å²) in [6.45, 7) is 1.12. The van der Waals surface area contributed by atoms with Gasteiger partial charge in [-0.05, 0) is 43.2 Å². The number of rotatable bonds is 6. The molecule has 1 aliphatic heterocycles. The first kappa shape index (κ1) is 18.9. The molecule has 2 N–H and O–H groups in total. The lowest BCUT2D eigenvalue weighted by Gasteiger charge is -2.14. The summed E-state index contributed by atoms with van der Waals surface area (Å²) < 4.78 is 33.9. The maximum absolute atomic E-state index is 12.6. The second-order valence-corrected chi connectivity index (χ2v) is 8.55. The van der Waals surface area contributed by atoms with Gasteiger partial charge in [0.05, 0.1) is 22.3 Å². The van der Waals surface area contributed by atoms with E-state index in [1.807, 2.05) is 0 Å². The molecule has 1 fully saturated rings. The fourth-order valence-electron chi connectivity index (χ4n) is 2.72. The molecule has 2 aromatic carbocycles. The van der Waals surface area contributed by atoms with Gasteiger partial charge < -0.3 is 10.1 Å². The third kappa shape index (κ3) is 4.63. The van der Waals surface area contributed by atoms with E-state index >= 15 is 0 Å². The average molecular weight is 439 g/mol. The SMILES string of the molecule is O=C(NCC1CCCO1)c1ccccc1NS(=O)(=O)c1cccc(Br)c1. The summed E-state index contributed by atoms with van der Waals surface area (Å²) in [7, 11) is -3.81. The minimum atomic E-state index is -3.81. The number of halogens is 1. The summed E-state index contributed by atoms with van der Waals surface area (Å²) >= 11 is 3.26. The Morgan fingerprint density at radius 3 is 2.73 bits per heavy atom. The van der Waals surface area contributed by atoms with Crippen molar-refractivity contribution in [2.24, 2.45) is 0 Å². The van der Waals surface area contributed by atoms with E-state index in [0.717, 1.165) is 12.8 Å². The molecule has 3 rings (SSSR count). The van der Waals surface area contributed by atoms with Crippen LogP contribution in [0.4, 0.5) is 5.69 Å². The first-order valence-corrected chi connectivity index (χ1v) is 10.5. The number of benzene rings is 2. The van der Waals surface area contributed by atoms with E-state index in [-0.39, 0.29) is 28.2 Å². The van der Waals surface area contributed by atoms with Crippen molar-refractivity contribution in [2.45, 2.75) is 23.8 Å². The highest BCUT2D eigenvalue weighted by atomic mass is 79.9. The topological polar surface area (TPSA) is 84.5 Å². The highest BCUT2D eigenvalue weighted by molar-refractivity contribution is 9.10. The van der Waals surface area contributed by atoms with Gasteiger partial charge in [0.15, 0.2) is 0 Å². The molecule has 0 aliphatic carbocycles. The van der Waals surface area contributed by atoms with Gasteiger partial charge in [0.1, 0.15) is 0 Å². The predicted octanol–water partition coefficient (Wildman–Crippen LogP) is 3.16.